The number of aromatic nitrogens is 2. The van der Waals surface area contributed by atoms with Gasteiger partial charge in [0.05, 0.1) is 0 Å². The molecule has 1 heterocycles. The molecule has 0 aliphatic carbocycles. The van der Waals surface area contributed by atoms with Crippen LogP contribution in [0.5, 0.6) is 0 Å². The van der Waals surface area contributed by atoms with E-state index >= 15 is 0 Å². The molecule has 0 saturated carbocycles. The molecule has 27 heavy (non-hydrogen) atoms. The second-order valence-corrected chi connectivity index (χ2v) is 7.89. The van der Waals surface area contributed by atoms with Crippen LogP contribution >= 0.6 is 27.7 Å². The first-order valence-electron chi connectivity index (χ1n) is 8.28. The van der Waals surface area contributed by atoms with Crippen LogP contribution in [0.3, 0.4) is 0 Å². The van der Waals surface area contributed by atoms with Gasteiger partial charge in [0, 0.05) is 27.1 Å². The molecule has 1 amide bonds. The molecule has 0 aliphatic rings. The minimum atomic E-state index is -0.406. The van der Waals surface area contributed by atoms with Crippen LogP contribution < -0.4 is 5.32 Å². The first-order chi connectivity index (χ1) is 13.0. The Morgan fingerprint density at radius 1 is 1.22 bits per heavy atom. The molecule has 0 saturated heterocycles. The van der Waals surface area contributed by atoms with Crippen molar-refractivity contribution in [2.45, 2.75) is 24.3 Å². The number of carbonyl (C=O) groups excluding carboxylic acids is 1. The summed E-state index contributed by atoms with van der Waals surface area (Å²) in [5, 5.41) is 6.74. The number of amides is 1. The standard InChI is InChI=1S/C19H17BrFN3O2S/c1-12(19-23-18(24-26-19)13-2-6-15(21)7-3-13)22-17(25)10-11-27-16-8-4-14(20)5-9-16/h2-9,12H,10-11H2,1H3,(H,22,25). The molecule has 0 bridgehead atoms. The van der Waals surface area contributed by atoms with Crippen LogP contribution in [0.4, 0.5) is 4.39 Å². The first-order valence-corrected chi connectivity index (χ1v) is 10.1. The van der Waals surface area contributed by atoms with Crippen molar-refractivity contribution in [2.24, 2.45) is 0 Å². The molecule has 1 aromatic heterocycles. The van der Waals surface area contributed by atoms with Gasteiger partial charge in [-0.2, -0.15) is 4.98 Å². The maximum Gasteiger partial charge on any atom is 0.249 e. The zero-order chi connectivity index (χ0) is 19.2. The summed E-state index contributed by atoms with van der Waals surface area (Å²) in [5.41, 5.74) is 0.649. The third kappa shape index (κ3) is 5.64. The van der Waals surface area contributed by atoms with Crippen molar-refractivity contribution in [1.82, 2.24) is 15.5 Å². The van der Waals surface area contributed by atoms with Crippen LogP contribution in [0.25, 0.3) is 11.4 Å². The third-order valence-electron chi connectivity index (χ3n) is 3.70. The van der Waals surface area contributed by atoms with Gasteiger partial charge < -0.3 is 9.84 Å². The van der Waals surface area contributed by atoms with Crippen molar-refractivity contribution in [2.75, 3.05) is 5.75 Å². The Balaban J connectivity index is 1.49. The van der Waals surface area contributed by atoms with Crippen LogP contribution in [0.2, 0.25) is 0 Å². The van der Waals surface area contributed by atoms with Gasteiger partial charge in [-0.05, 0) is 55.5 Å². The second kappa shape index (κ2) is 9.14. The lowest BCUT2D eigenvalue weighted by Crippen LogP contribution is -2.27. The van der Waals surface area contributed by atoms with E-state index in [0.29, 0.717) is 29.5 Å². The SMILES string of the molecule is CC(NC(=O)CCSc1ccc(Br)cc1)c1nc(-c2ccc(F)cc2)no1. The first kappa shape index (κ1) is 19.6. The highest BCUT2D eigenvalue weighted by Crippen LogP contribution is 2.22. The average molecular weight is 450 g/mol. The summed E-state index contributed by atoms with van der Waals surface area (Å²) in [6.45, 7) is 1.78. The van der Waals surface area contributed by atoms with Gasteiger partial charge in [-0.3, -0.25) is 4.79 Å². The molecule has 3 aromatic rings. The van der Waals surface area contributed by atoms with Crippen molar-refractivity contribution >= 4 is 33.6 Å². The molecule has 0 fully saturated rings. The van der Waals surface area contributed by atoms with E-state index in [1.807, 2.05) is 24.3 Å². The number of rotatable bonds is 7. The monoisotopic (exact) mass is 449 g/mol. The van der Waals surface area contributed by atoms with E-state index in [9.17, 15) is 9.18 Å². The summed E-state index contributed by atoms with van der Waals surface area (Å²) >= 11 is 5.02. The van der Waals surface area contributed by atoms with Crippen LogP contribution in [-0.4, -0.2) is 21.8 Å². The minimum Gasteiger partial charge on any atom is -0.345 e. The Kier molecular flexibility index (Phi) is 6.63. The Hall–Kier alpha value is -2.19. The third-order valence-corrected chi connectivity index (χ3v) is 5.25. The van der Waals surface area contributed by atoms with Crippen LogP contribution in [0, 0.1) is 5.82 Å². The molecule has 1 N–H and O–H groups in total. The highest BCUT2D eigenvalue weighted by atomic mass is 79.9. The van der Waals surface area contributed by atoms with Gasteiger partial charge in [0.25, 0.3) is 0 Å². The molecular weight excluding hydrogens is 433 g/mol. The average Bonchev–Trinajstić information content (AvgIpc) is 3.14. The molecule has 0 spiro atoms. The molecule has 0 aliphatic heterocycles. The van der Waals surface area contributed by atoms with E-state index in [-0.39, 0.29) is 11.7 Å². The molecule has 5 nitrogen and oxygen atoms in total. The molecule has 8 heteroatoms. The summed E-state index contributed by atoms with van der Waals surface area (Å²) in [5.74, 6) is 0.920. The number of hydrogen-bond donors (Lipinski definition) is 1. The summed E-state index contributed by atoms with van der Waals surface area (Å²) in [6.07, 6.45) is 0.379. The molecule has 140 valence electrons. The Labute approximate surface area is 168 Å². The Morgan fingerprint density at radius 2 is 1.93 bits per heavy atom. The lowest BCUT2D eigenvalue weighted by molar-refractivity contribution is -0.121. The topological polar surface area (TPSA) is 68.0 Å². The van der Waals surface area contributed by atoms with Crippen molar-refractivity contribution < 1.29 is 13.7 Å². The summed E-state index contributed by atoms with van der Waals surface area (Å²) in [4.78, 5) is 17.5. The fraction of sp³-hybridized carbons (Fsp3) is 0.211. The van der Waals surface area contributed by atoms with Gasteiger partial charge >= 0.3 is 0 Å². The van der Waals surface area contributed by atoms with E-state index in [1.165, 1.54) is 12.1 Å². The summed E-state index contributed by atoms with van der Waals surface area (Å²) in [7, 11) is 0. The van der Waals surface area contributed by atoms with Crippen molar-refractivity contribution in [3.05, 3.63) is 64.7 Å². The van der Waals surface area contributed by atoms with Gasteiger partial charge in [0.15, 0.2) is 0 Å². The van der Waals surface area contributed by atoms with E-state index in [2.05, 4.69) is 31.4 Å². The molecule has 2 aromatic carbocycles. The zero-order valence-electron chi connectivity index (χ0n) is 14.5. The predicted octanol–water partition coefficient (Wildman–Crippen LogP) is 5.00. The van der Waals surface area contributed by atoms with Crippen LogP contribution in [0.1, 0.15) is 25.3 Å². The number of nitrogens with one attached hydrogen (secondary N) is 1. The van der Waals surface area contributed by atoms with Crippen molar-refractivity contribution in [3.8, 4) is 11.4 Å². The maximum absolute atomic E-state index is 13.0. The van der Waals surface area contributed by atoms with Gasteiger partial charge in [-0.25, -0.2) is 4.39 Å². The normalized spacial score (nSPS) is 12.0. The number of benzene rings is 2. The smallest absolute Gasteiger partial charge is 0.249 e. The van der Waals surface area contributed by atoms with Crippen LogP contribution in [-0.2, 0) is 4.79 Å². The van der Waals surface area contributed by atoms with E-state index < -0.39 is 6.04 Å². The van der Waals surface area contributed by atoms with Crippen molar-refractivity contribution in [1.29, 1.82) is 0 Å². The molecule has 3 rings (SSSR count). The highest BCUT2D eigenvalue weighted by molar-refractivity contribution is 9.10. The maximum atomic E-state index is 13.0. The van der Waals surface area contributed by atoms with Crippen LogP contribution in [0.15, 0.2) is 62.4 Å². The second-order valence-electron chi connectivity index (χ2n) is 5.80. The quantitative estimate of drug-likeness (QED) is 0.514. The number of thioether (sulfide) groups is 1. The van der Waals surface area contributed by atoms with Crippen molar-refractivity contribution in [3.63, 3.8) is 0 Å². The lowest BCUT2D eigenvalue weighted by Gasteiger charge is -2.09. The van der Waals surface area contributed by atoms with E-state index in [4.69, 9.17) is 4.52 Å². The highest BCUT2D eigenvalue weighted by Gasteiger charge is 2.17. The lowest BCUT2D eigenvalue weighted by atomic mass is 10.2. The van der Waals surface area contributed by atoms with Gasteiger partial charge in [0.2, 0.25) is 17.6 Å². The fourth-order valence-electron chi connectivity index (χ4n) is 2.30. The van der Waals surface area contributed by atoms with Gasteiger partial charge in [0.1, 0.15) is 11.9 Å². The van der Waals surface area contributed by atoms with Gasteiger partial charge in [-0.15, -0.1) is 11.8 Å². The predicted molar refractivity (Wildman–Crippen MR) is 106 cm³/mol. The Morgan fingerprint density at radius 3 is 2.63 bits per heavy atom. The summed E-state index contributed by atoms with van der Waals surface area (Å²) < 4.78 is 19.2. The molecule has 0 radical (unpaired) electrons. The number of halogens is 2. The zero-order valence-corrected chi connectivity index (χ0v) is 16.9. The largest absolute Gasteiger partial charge is 0.345 e. The van der Waals surface area contributed by atoms with E-state index in [1.54, 1.807) is 30.8 Å². The number of nitrogens with zero attached hydrogens (tertiary/aromatic N) is 2. The number of carbonyl (C=O) groups is 1. The van der Waals surface area contributed by atoms with E-state index in [0.717, 1.165) is 9.37 Å². The molecular formula is C19H17BrFN3O2S. The minimum absolute atomic E-state index is 0.0892. The van der Waals surface area contributed by atoms with Gasteiger partial charge in [-0.1, -0.05) is 21.1 Å². The molecule has 1 atom stereocenters. The number of hydrogen-bond acceptors (Lipinski definition) is 5. The summed E-state index contributed by atoms with van der Waals surface area (Å²) in [6, 6.07) is 13.4. The fourth-order valence-corrected chi connectivity index (χ4v) is 3.41. The Bertz CT molecular complexity index is 900. The molecule has 1 unspecified atom stereocenters.